The second-order valence-corrected chi connectivity index (χ2v) is 3.31. The Labute approximate surface area is 91.3 Å². The molecule has 1 aromatic heterocycles. The van der Waals surface area contributed by atoms with Gasteiger partial charge in [-0.15, -0.1) is 0 Å². The number of aromatic carboxylic acids is 1. The van der Waals surface area contributed by atoms with Crippen molar-refractivity contribution in [2.24, 2.45) is 5.11 Å². The van der Waals surface area contributed by atoms with Crippen molar-refractivity contribution in [3.63, 3.8) is 0 Å². The maximum Gasteiger partial charge on any atom is 0.356 e. The summed E-state index contributed by atoms with van der Waals surface area (Å²) in [6.07, 6.45) is 0. The van der Waals surface area contributed by atoms with Gasteiger partial charge < -0.3 is 5.11 Å². The third-order valence-corrected chi connectivity index (χ3v) is 2.04. The van der Waals surface area contributed by atoms with Crippen LogP contribution in [0.3, 0.4) is 0 Å². The van der Waals surface area contributed by atoms with Gasteiger partial charge in [0, 0.05) is 4.91 Å². The minimum atomic E-state index is -1.29. The molecule has 0 radical (unpaired) electrons. The Kier molecular flexibility index (Phi) is 3.29. The SMILES string of the molecule is [N-]=[N+]=Nc1cc(Br)nc(C(=O)O)c1Cl. The Hall–Kier alpha value is -1.30. The number of rotatable bonds is 2. The predicted molar refractivity (Wildman–Crippen MR) is 52.7 cm³/mol. The Balaban J connectivity index is 3.46. The lowest BCUT2D eigenvalue weighted by atomic mass is 10.3. The number of nitrogens with zero attached hydrogens (tertiary/aromatic N) is 4. The molecule has 0 saturated heterocycles. The molecular formula is C6H2BrClN4O2. The topological polar surface area (TPSA) is 99.0 Å². The fraction of sp³-hybridized carbons (Fsp3) is 0. The number of carboxylic acids is 1. The standard InChI is InChI=1S/C6H2BrClN4O2/c7-3-1-2(11-12-9)4(8)5(10-3)6(13)14/h1H,(H,13,14). The van der Waals surface area contributed by atoms with Crippen LogP contribution in [-0.4, -0.2) is 16.1 Å². The Morgan fingerprint density at radius 1 is 1.79 bits per heavy atom. The molecule has 1 rings (SSSR count). The van der Waals surface area contributed by atoms with Gasteiger partial charge in [-0.05, 0) is 27.5 Å². The highest BCUT2D eigenvalue weighted by molar-refractivity contribution is 9.10. The summed E-state index contributed by atoms with van der Waals surface area (Å²) >= 11 is 8.59. The van der Waals surface area contributed by atoms with Crippen molar-refractivity contribution in [2.45, 2.75) is 0 Å². The van der Waals surface area contributed by atoms with Crippen molar-refractivity contribution >= 4 is 39.2 Å². The summed E-state index contributed by atoms with van der Waals surface area (Å²) in [6, 6.07) is 1.33. The second kappa shape index (κ2) is 4.28. The first kappa shape index (κ1) is 10.8. The van der Waals surface area contributed by atoms with Crippen LogP contribution in [0, 0.1) is 0 Å². The first-order valence-corrected chi connectivity index (χ1v) is 4.37. The molecule has 1 N–H and O–H groups in total. The molecule has 1 aromatic rings. The zero-order valence-corrected chi connectivity index (χ0v) is 8.82. The molecule has 0 saturated carbocycles. The van der Waals surface area contributed by atoms with E-state index in [9.17, 15) is 4.79 Å². The van der Waals surface area contributed by atoms with Crippen molar-refractivity contribution in [1.82, 2.24) is 4.98 Å². The zero-order valence-electron chi connectivity index (χ0n) is 6.48. The molecule has 0 fully saturated rings. The van der Waals surface area contributed by atoms with Crippen LogP contribution < -0.4 is 0 Å². The van der Waals surface area contributed by atoms with Gasteiger partial charge in [0.15, 0.2) is 5.69 Å². The lowest BCUT2D eigenvalue weighted by molar-refractivity contribution is 0.0690. The summed E-state index contributed by atoms with van der Waals surface area (Å²) in [4.78, 5) is 16.8. The van der Waals surface area contributed by atoms with E-state index in [1.807, 2.05) is 0 Å². The number of hydrogen-bond donors (Lipinski definition) is 1. The van der Waals surface area contributed by atoms with Crippen LogP contribution in [0.4, 0.5) is 5.69 Å². The van der Waals surface area contributed by atoms with Gasteiger partial charge in [-0.25, -0.2) is 9.78 Å². The molecule has 0 aromatic carbocycles. The summed E-state index contributed by atoms with van der Waals surface area (Å²) in [7, 11) is 0. The van der Waals surface area contributed by atoms with Crippen LogP contribution in [0.15, 0.2) is 15.8 Å². The summed E-state index contributed by atoms with van der Waals surface area (Å²) in [5, 5.41) is 11.7. The molecule has 0 aliphatic rings. The van der Waals surface area contributed by atoms with Gasteiger partial charge in [0.05, 0.1) is 10.7 Å². The number of halogens is 2. The first-order chi connectivity index (χ1) is 6.56. The Morgan fingerprint density at radius 2 is 2.43 bits per heavy atom. The third kappa shape index (κ3) is 2.14. The number of pyridine rings is 1. The third-order valence-electron chi connectivity index (χ3n) is 1.26. The van der Waals surface area contributed by atoms with E-state index in [1.54, 1.807) is 0 Å². The van der Waals surface area contributed by atoms with E-state index in [0.717, 1.165) is 0 Å². The minimum Gasteiger partial charge on any atom is -0.476 e. The first-order valence-electron chi connectivity index (χ1n) is 3.20. The minimum absolute atomic E-state index is 0.0217. The van der Waals surface area contributed by atoms with Gasteiger partial charge in [-0.2, -0.15) is 0 Å². The number of carbonyl (C=O) groups is 1. The van der Waals surface area contributed by atoms with E-state index in [4.69, 9.17) is 22.2 Å². The molecule has 6 nitrogen and oxygen atoms in total. The highest BCUT2D eigenvalue weighted by atomic mass is 79.9. The molecule has 72 valence electrons. The normalized spacial score (nSPS) is 9.29. The van der Waals surface area contributed by atoms with E-state index in [-0.39, 0.29) is 21.0 Å². The monoisotopic (exact) mass is 276 g/mol. The van der Waals surface area contributed by atoms with Crippen molar-refractivity contribution < 1.29 is 9.90 Å². The highest BCUT2D eigenvalue weighted by Crippen LogP contribution is 2.30. The van der Waals surface area contributed by atoms with E-state index < -0.39 is 5.97 Å². The summed E-state index contributed by atoms with van der Waals surface area (Å²) in [5.74, 6) is -1.29. The van der Waals surface area contributed by atoms with Crippen LogP contribution in [-0.2, 0) is 0 Å². The molecule has 0 aliphatic carbocycles. The van der Waals surface area contributed by atoms with Gasteiger partial charge in [-0.3, -0.25) is 0 Å². The fourth-order valence-corrected chi connectivity index (χ4v) is 1.36. The van der Waals surface area contributed by atoms with Crippen LogP contribution in [0.2, 0.25) is 5.02 Å². The molecule has 14 heavy (non-hydrogen) atoms. The van der Waals surface area contributed by atoms with E-state index in [1.165, 1.54) is 6.07 Å². The van der Waals surface area contributed by atoms with Gasteiger partial charge in [0.1, 0.15) is 4.60 Å². The van der Waals surface area contributed by atoms with Gasteiger partial charge in [0.25, 0.3) is 0 Å². The van der Waals surface area contributed by atoms with Crippen molar-refractivity contribution in [1.29, 1.82) is 0 Å². The average Bonchev–Trinajstić information content (AvgIpc) is 2.10. The van der Waals surface area contributed by atoms with Crippen LogP contribution in [0.5, 0.6) is 0 Å². The quantitative estimate of drug-likeness (QED) is 0.389. The van der Waals surface area contributed by atoms with E-state index >= 15 is 0 Å². The van der Waals surface area contributed by atoms with Crippen molar-refractivity contribution in [3.8, 4) is 0 Å². The number of carboxylic acid groups (broad SMARTS) is 1. The molecule has 0 unspecified atom stereocenters. The van der Waals surface area contributed by atoms with E-state index in [2.05, 4.69) is 30.9 Å². The summed E-state index contributed by atoms with van der Waals surface area (Å²) in [5.41, 5.74) is 7.84. The zero-order chi connectivity index (χ0) is 10.7. The largest absolute Gasteiger partial charge is 0.476 e. The Bertz CT molecular complexity index is 420. The van der Waals surface area contributed by atoms with Crippen LogP contribution in [0.1, 0.15) is 10.5 Å². The summed E-state index contributed by atoms with van der Waals surface area (Å²) in [6.45, 7) is 0. The predicted octanol–water partition coefficient (Wildman–Crippen LogP) is 3.14. The number of hydrogen-bond acceptors (Lipinski definition) is 3. The molecule has 0 spiro atoms. The molecule has 8 heteroatoms. The van der Waals surface area contributed by atoms with Crippen molar-refractivity contribution in [2.75, 3.05) is 0 Å². The molecule has 0 aliphatic heterocycles. The molecule has 0 amide bonds. The fourth-order valence-electron chi connectivity index (χ4n) is 0.748. The van der Waals surface area contributed by atoms with Crippen LogP contribution in [0.25, 0.3) is 10.4 Å². The lowest BCUT2D eigenvalue weighted by Crippen LogP contribution is -2.01. The Morgan fingerprint density at radius 3 is 2.93 bits per heavy atom. The number of azide groups is 1. The number of aromatic nitrogens is 1. The maximum absolute atomic E-state index is 10.6. The summed E-state index contributed by atoms with van der Waals surface area (Å²) < 4.78 is 0.238. The van der Waals surface area contributed by atoms with Gasteiger partial charge >= 0.3 is 5.97 Å². The lowest BCUT2D eigenvalue weighted by Gasteiger charge is -2.01. The molecular weight excluding hydrogens is 275 g/mol. The van der Waals surface area contributed by atoms with Crippen LogP contribution >= 0.6 is 27.5 Å². The van der Waals surface area contributed by atoms with Gasteiger partial charge in [0.2, 0.25) is 0 Å². The van der Waals surface area contributed by atoms with E-state index in [0.29, 0.717) is 0 Å². The highest BCUT2D eigenvalue weighted by Gasteiger charge is 2.14. The molecule has 0 atom stereocenters. The molecule has 1 heterocycles. The maximum atomic E-state index is 10.6. The van der Waals surface area contributed by atoms with Gasteiger partial charge in [-0.1, -0.05) is 16.7 Å². The average molecular weight is 277 g/mol. The molecule has 0 bridgehead atoms. The second-order valence-electron chi connectivity index (χ2n) is 2.12. The smallest absolute Gasteiger partial charge is 0.356 e. The van der Waals surface area contributed by atoms with Crippen molar-refractivity contribution in [3.05, 3.63) is 31.8 Å².